The zero-order chi connectivity index (χ0) is 18.4. The van der Waals surface area contributed by atoms with Crippen LogP contribution in [0, 0.1) is 0 Å². The topological polar surface area (TPSA) is 87.5 Å². The zero-order valence-electron chi connectivity index (χ0n) is 14.4. The summed E-state index contributed by atoms with van der Waals surface area (Å²) in [6.45, 7) is 1.59. The fraction of sp³-hybridized carbons (Fsp3) is 0.471. The number of amides is 1. The van der Waals surface area contributed by atoms with Gasteiger partial charge in [-0.2, -0.15) is 5.10 Å². The molecule has 1 saturated carbocycles. The Bertz CT molecular complexity index is 883. The lowest BCUT2D eigenvalue weighted by molar-refractivity contribution is -0.125. The van der Waals surface area contributed by atoms with Crippen LogP contribution in [0.15, 0.2) is 27.5 Å². The molecule has 0 radical (unpaired) electrons. The Morgan fingerprint density at radius 2 is 2.12 bits per heavy atom. The molecule has 8 heteroatoms. The molecular formula is C17H21BrN4O3. The maximum atomic E-state index is 12.7. The summed E-state index contributed by atoms with van der Waals surface area (Å²) >= 11 is 3.41. The molecule has 1 aromatic carbocycles. The fourth-order valence-electron chi connectivity index (χ4n) is 3.19. The first kappa shape index (κ1) is 17.9. The number of anilines is 1. The predicted molar refractivity (Wildman–Crippen MR) is 99.8 cm³/mol. The van der Waals surface area contributed by atoms with Gasteiger partial charge in [-0.1, -0.05) is 15.9 Å². The molecule has 134 valence electrons. The monoisotopic (exact) mass is 408 g/mol. The molecule has 0 aliphatic heterocycles. The second-order valence-electron chi connectivity index (χ2n) is 7.04. The standard InChI is InChI=1S/C17H21BrN4O3/c1-17(25)7-11(8-17)19-14(23)9-22-16(24)12-5-4-10(18)6-13(12)15(20-22)21(2)3/h4-6,11,25H,7-9H2,1-3H3,(H,19,23). The number of nitrogens with one attached hydrogen (secondary N) is 1. The third-order valence-electron chi connectivity index (χ3n) is 4.36. The quantitative estimate of drug-likeness (QED) is 0.794. The van der Waals surface area contributed by atoms with Crippen LogP contribution >= 0.6 is 15.9 Å². The molecule has 0 unspecified atom stereocenters. The van der Waals surface area contributed by atoms with Gasteiger partial charge in [0.1, 0.15) is 6.54 Å². The molecule has 1 heterocycles. The second kappa shape index (κ2) is 6.42. The van der Waals surface area contributed by atoms with Gasteiger partial charge >= 0.3 is 0 Å². The van der Waals surface area contributed by atoms with Crippen LogP contribution in [0.1, 0.15) is 19.8 Å². The Morgan fingerprint density at radius 3 is 2.72 bits per heavy atom. The van der Waals surface area contributed by atoms with Crippen molar-refractivity contribution >= 4 is 38.4 Å². The molecule has 0 saturated heterocycles. The van der Waals surface area contributed by atoms with E-state index < -0.39 is 5.60 Å². The molecule has 1 aliphatic carbocycles. The highest BCUT2D eigenvalue weighted by atomic mass is 79.9. The Labute approximate surface area is 153 Å². The van der Waals surface area contributed by atoms with Crippen LogP contribution in [-0.2, 0) is 11.3 Å². The van der Waals surface area contributed by atoms with Crippen LogP contribution in [0.25, 0.3) is 10.8 Å². The number of hydrogen-bond donors (Lipinski definition) is 2. The molecule has 1 aliphatic rings. The van der Waals surface area contributed by atoms with Gasteiger partial charge in [-0.05, 0) is 38.0 Å². The zero-order valence-corrected chi connectivity index (χ0v) is 16.0. The van der Waals surface area contributed by atoms with E-state index in [1.165, 1.54) is 4.68 Å². The molecule has 1 fully saturated rings. The third-order valence-corrected chi connectivity index (χ3v) is 4.85. The number of halogens is 1. The van der Waals surface area contributed by atoms with Crippen molar-refractivity contribution in [3.63, 3.8) is 0 Å². The van der Waals surface area contributed by atoms with Crippen molar-refractivity contribution in [3.8, 4) is 0 Å². The van der Waals surface area contributed by atoms with E-state index >= 15 is 0 Å². The molecule has 2 aromatic rings. The van der Waals surface area contributed by atoms with E-state index in [4.69, 9.17) is 0 Å². The number of carbonyl (C=O) groups excluding carboxylic acids is 1. The number of hydrogen-bond acceptors (Lipinski definition) is 5. The Hall–Kier alpha value is -1.93. The third kappa shape index (κ3) is 3.69. The van der Waals surface area contributed by atoms with Crippen molar-refractivity contribution in [3.05, 3.63) is 33.0 Å². The molecule has 25 heavy (non-hydrogen) atoms. The largest absolute Gasteiger partial charge is 0.390 e. The van der Waals surface area contributed by atoms with Crippen LogP contribution in [0.3, 0.4) is 0 Å². The predicted octanol–water partition coefficient (Wildman–Crippen LogP) is 1.25. The van der Waals surface area contributed by atoms with Gasteiger partial charge in [0, 0.05) is 30.0 Å². The Morgan fingerprint density at radius 1 is 1.44 bits per heavy atom. The summed E-state index contributed by atoms with van der Waals surface area (Å²) in [7, 11) is 3.68. The van der Waals surface area contributed by atoms with Gasteiger partial charge in [0.15, 0.2) is 5.82 Å². The van der Waals surface area contributed by atoms with Crippen molar-refractivity contribution in [2.24, 2.45) is 0 Å². The van der Waals surface area contributed by atoms with Crippen molar-refractivity contribution in [2.45, 2.75) is 38.0 Å². The summed E-state index contributed by atoms with van der Waals surface area (Å²) < 4.78 is 2.05. The highest BCUT2D eigenvalue weighted by molar-refractivity contribution is 9.10. The van der Waals surface area contributed by atoms with Crippen LogP contribution < -0.4 is 15.8 Å². The summed E-state index contributed by atoms with van der Waals surface area (Å²) in [5.41, 5.74) is -1.01. The van der Waals surface area contributed by atoms with E-state index in [2.05, 4.69) is 26.3 Å². The Kier molecular flexibility index (Phi) is 4.59. The van der Waals surface area contributed by atoms with E-state index in [1.54, 1.807) is 19.1 Å². The van der Waals surface area contributed by atoms with Gasteiger partial charge in [0.2, 0.25) is 5.91 Å². The minimum atomic E-state index is -0.707. The van der Waals surface area contributed by atoms with Gasteiger partial charge in [-0.15, -0.1) is 0 Å². The van der Waals surface area contributed by atoms with Crippen LogP contribution in [0.5, 0.6) is 0 Å². The first-order valence-corrected chi connectivity index (χ1v) is 8.85. The van der Waals surface area contributed by atoms with Crippen LogP contribution in [0.4, 0.5) is 5.82 Å². The molecule has 2 N–H and O–H groups in total. The molecule has 0 atom stereocenters. The highest BCUT2D eigenvalue weighted by Gasteiger charge is 2.39. The number of fused-ring (bicyclic) bond motifs is 1. The maximum Gasteiger partial charge on any atom is 0.275 e. The molecule has 7 nitrogen and oxygen atoms in total. The molecule has 1 aromatic heterocycles. The van der Waals surface area contributed by atoms with Gasteiger partial charge in [-0.3, -0.25) is 9.59 Å². The van der Waals surface area contributed by atoms with Crippen molar-refractivity contribution in [1.82, 2.24) is 15.1 Å². The van der Waals surface area contributed by atoms with E-state index in [9.17, 15) is 14.7 Å². The number of aromatic nitrogens is 2. The highest BCUT2D eigenvalue weighted by Crippen LogP contribution is 2.31. The van der Waals surface area contributed by atoms with Crippen molar-refractivity contribution in [1.29, 1.82) is 0 Å². The van der Waals surface area contributed by atoms with Crippen LogP contribution in [0.2, 0.25) is 0 Å². The maximum absolute atomic E-state index is 12.7. The minimum Gasteiger partial charge on any atom is -0.390 e. The second-order valence-corrected chi connectivity index (χ2v) is 7.96. The number of rotatable bonds is 4. The van der Waals surface area contributed by atoms with Crippen molar-refractivity contribution < 1.29 is 9.90 Å². The number of carbonyl (C=O) groups is 1. The van der Waals surface area contributed by atoms with Crippen molar-refractivity contribution in [2.75, 3.05) is 19.0 Å². The van der Waals surface area contributed by atoms with E-state index in [0.717, 1.165) is 9.86 Å². The summed E-state index contributed by atoms with van der Waals surface area (Å²) in [4.78, 5) is 26.7. The SMILES string of the molecule is CN(C)c1nn(CC(=O)NC2CC(C)(O)C2)c(=O)c2ccc(Br)cc12. The lowest BCUT2D eigenvalue weighted by atomic mass is 9.77. The molecule has 0 spiro atoms. The first-order valence-electron chi connectivity index (χ1n) is 8.06. The minimum absolute atomic E-state index is 0.0528. The average Bonchev–Trinajstić information content (AvgIpc) is 2.47. The summed E-state index contributed by atoms with van der Waals surface area (Å²) in [5, 5.41) is 18.2. The van der Waals surface area contributed by atoms with E-state index in [-0.39, 0.29) is 24.1 Å². The Balaban J connectivity index is 1.89. The van der Waals surface area contributed by atoms with Gasteiger partial charge in [-0.25, -0.2) is 4.68 Å². The molecular weight excluding hydrogens is 388 g/mol. The lowest BCUT2D eigenvalue weighted by Gasteiger charge is -2.41. The van der Waals surface area contributed by atoms with Gasteiger partial charge < -0.3 is 15.3 Å². The molecule has 3 rings (SSSR count). The van der Waals surface area contributed by atoms with Gasteiger partial charge in [0.25, 0.3) is 5.56 Å². The molecule has 1 amide bonds. The number of nitrogens with zero attached hydrogens (tertiary/aromatic N) is 3. The van der Waals surface area contributed by atoms with Gasteiger partial charge in [0.05, 0.1) is 11.0 Å². The lowest BCUT2D eigenvalue weighted by Crippen LogP contribution is -2.54. The first-order chi connectivity index (χ1) is 11.7. The summed E-state index contributed by atoms with van der Waals surface area (Å²) in [6, 6.07) is 5.32. The smallest absolute Gasteiger partial charge is 0.275 e. The average molecular weight is 409 g/mol. The summed E-state index contributed by atoms with van der Waals surface area (Å²) in [5.74, 6) is 0.339. The number of aliphatic hydroxyl groups is 1. The van der Waals surface area contributed by atoms with E-state index in [0.29, 0.717) is 24.0 Å². The van der Waals surface area contributed by atoms with Crippen LogP contribution in [-0.4, -0.2) is 46.5 Å². The fourth-order valence-corrected chi connectivity index (χ4v) is 3.55. The summed E-state index contributed by atoms with van der Waals surface area (Å²) in [6.07, 6.45) is 1.05. The normalized spacial score (nSPS) is 22.5. The van der Waals surface area contributed by atoms with E-state index in [1.807, 2.05) is 25.1 Å². The molecule has 0 bridgehead atoms. The number of benzene rings is 1.